The van der Waals surface area contributed by atoms with Gasteiger partial charge in [-0.3, -0.25) is 9.59 Å². The molecule has 0 fully saturated rings. The predicted molar refractivity (Wildman–Crippen MR) is 150 cm³/mol. The Balaban J connectivity index is 1.48. The second kappa shape index (κ2) is 11.4. The van der Waals surface area contributed by atoms with E-state index in [2.05, 4.69) is 48.9 Å². The summed E-state index contributed by atoms with van der Waals surface area (Å²) in [5.41, 5.74) is 5.02. The van der Waals surface area contributed by atoms with Crippen LogP contribution in [0.15, 0.2) is 54.6 Å². The number of nitrogens with one attached hydrogen (secondary N) is 3. The minimum atomic E-state index is -0.153. The Hall–Kier alpha value is -2.96. The Morgan fingerprint density at radius 3 is 2.53 bits per heavy atom. The van der Waals surface area contributed by atoms with Gasteiger partial charge in [0.15, 0.2) is 0 Å². The fraction of sp³-hybridized carbons (Fsp3) is 0.400. The number of carbonyl (C=O) groups is 2. The molecule has 2 aromatic carbocycles. The average molecular weight is 504 g/mol. The highest BCUT2D eigenvalue weighted by Crippen LogP contribution is 2.44. The lowest BCUT2D eigenvalue weighted by Crippen LogP contribution is -2.30. The van der Waals surface area contributed by atoms with Gasteiger partial charge in [0.1, 0.15) is 5.00 Å². The molecule has 6 heteroatoms. The lowest BCUT2D eigenvalue weighted by molar-refractivity contribution is -0.115. The van der Waals surface area contributed by atoms with E-state index in [1.165, 1.54) is 10.4 Å². The maximum atomic E-state index is 13.5. The molecule has 1 atom stereocenters. The number of hydrogen-bond donors (Lipinski definition) is 3. The van der Waals surface area contributed by atoms with Gasteiger partial charge in [-0.1, -0.05) is 63.2 Å². The Morgan fingerprint density at radius 2 is 1.81 bits per heavy atom. The molecule has 3 N–H and O–H groups in total. The maximum Gasteiger partial charge on any atom is 0.258 e. The zero-order chi connectivity index (χ0) is 25.7. The molecule has 0 spiro atoms. The number of rotatable bonds is 8. The number of hydrogen-bond acceptors (Lipinski definition) is 4. The van der Waals surface area contributed by atoms with Gasteiger partial charge >= 0.3 is 0 Å². The van der Waals surface area contributed by atoms with Crippen LogP contribution in [0.1, 0.15) is 59.1 Å². The third-order valence-electron chi connectivity index (χ3n) is 6.96. The standard InChI is InChI=1S/C30H37N3O2S/c1-20-9-8-12-23(17-20)32-28(35)27-24-14-13-22(30(2,3)4)18-25(24)36-29(27)33-26(34)19-31-16-15-21-10-6-5-7-11-21/h5-12,17,22,31H,13-16,18-19H2,1-4H3,(H,32,35)(H,33,34)/t22-/m0/s1. The first-order valence-corrected chi connectivity index (χ1v) is 13.6. The van der Waals surface area contributed by atoms with Crippen LogP contribution in [0.25, 0.3) is 0 Å². The molecule has 0 aliphatic heterocycles. The highest BCUT2D eigenvalue weighted by molar-refractivity contribution is 7.17. The normalized spacial score (nSPS) is 15.3. The molecule has 1 aromatic heterocycles. The van der Waals surface area contributed by atoms with Crippen molar-refractivity contribution in [2.45, 2.75) is 53.4 Å². The fourth-order valence-electron chi connectivity index (χ4n) is 4.82. The Morgan fingerprint density at radius 1 is 1.03 bits per heavy atom. The third kappa shape index (κ3) is 6.62. The molecular formula is C30H37N3O2S. The first kappa shape index (κ1) is 26.1. The third-order valence-corrected chi connectivity index (χ3v) is 8.13. The molecule has 190 valence electrons. The first-order valence-electron chi connectivity index (χ1n) is 12.8. The largest absolute Gasteiger partial charge is 0.322 e. The van der Waals surface area contributed by atoms with E-state index >= 15 is 0 Å². The predicted octanol–water partition coefficient (Wildman–Crippen LogP) is 6.23. The first-order chi connectivity index (χ1) is 17.2. The van der Waals surface area contributed by atoms with Crippen molar-refractivity contribution in [3.05, 3.63) is 81.7 Å². The Bertz CT molecular complexity index is 1210. The van der Waals surface area contributed by atoms with Crippen LogP contribution < -0.4 is 16.0 Å². The molecular weight excluding hydrogens is 466 g/mol. The minimum Gasteiger partial charge on any atom is -0.322 e. The van der Waals surface area contributed by atoms with Crippen molar-refractivity contribution in [1.82, 2.24) is 5.32 Å². The van der Waals surface area contributed by atoms with E-state index in [4.69, 9.17) is 0 Å². The van der Waals surface area contributed by atoms with Crippen molar-refractivity contribution < 1.29 is 9.59 Å². The van der Waals surface area contributed by atoms with Crippen LogP contribution in [0, 0.1) is 18.3 Å². The molecule has 1 aliphatic rings. The van der Waals surface area contributed by atoms with Crippen molar-refractivity contribution in [3.8, 4) is 0 Å². The number of amides is 2. The number of carbonyl (C=O) groups excluding carboxylic acids is 2. The minimum absolute atomic E-state index is 0.126. The number of aryl methyl sites for hydroxylation is 1. The van der Waals surface area contributed by atoms with Crippen molar-refractivity contribution in [2.75, 3.05) is 23.7 Å². The number of thiophene rings is 1. The van der Waals surface area contributed by atoms with Gasteiger partial charge in [0.05, 0.1) is 12.1 Å². The molecule has 0 bridgehead atoms. The molecule has 0 unspecified atom stereocenters. The van der Waals surface area contributed by atoms with Gasteiger partial charge in [0.25, 0.3) is 5.91 Å². The monoisotopic (exact) mass is 503 g/mol. The van der Waals surface area contributed by atoms with E-state index in [1.54, 1.807) is 11.3 Å². The van der Waals surface area contributed by atoms with Crippen molar-refractivity contribution >= 4 is 33.8 Å². The topological polar surface area (TPSA) is 70.2 Å². The van der Waals surface area contributed by atoms with Crippen LogP contribution in [-0.4, -0.2) is 24.9 Å². The van der Waals surface area contributed by atoms with Crippen LogP contribution in [0.5, 0.6) is 0 Å². The van der Waals surface area contributed by atoms with Gasteiger partial charge in [-0.15, -0.1) is 11.3 Å². The van der Waals surface area contributed by atoms with Gasteiger partial charge in [0.2, 0.25) is 5.91 Å². The van der Waals surface area contributed by atoms with Crippen LogP contribution in [0.3, 0.4) is 0 Å². The highest BCUT2D eigenvalue weighted by Gasteiger charge is 2.34. The Kier molecular flexibility index (Phi) is 8.27. The number of benzene rings is 2. The van der Waals surface area contributed by atoms with E-state index in [0.717, 1.165) is 42.5 Å². The molecule has 4 rings (SSSR count). The number of fused-ring (bicyclic) bond motifs is 1. The van der Waals surface area contributed by atoms with E-state index in [-0.39, 0.29) is 23.8 Å². The summed E-state index contributed by atoms with van der Waals surface area (Å²) in [4.78, 5) is 27.5. The SMILES string of the molecule is Cc1cccc(NC(=O)c2c(NC(=O)CNCCc3ccccc3)sc3c2CC[C@H](C(C)(C)C)C3)c1. The molecule has 5 nitrogen and oxygen atoms in total. The van der Waals surface area contributed by atoms with Gasteiger partial charge in [-0.2, -0.15) is 0 Å². The van der Waals surface area contributed by atoms with E-state index in [1.807, 2.05) is 49.4 Å². The van der Waals surface area contributed by atoms with Crippen molar-refractivity contribution in [2.24, 2.45) is 11.3 Å². The smallest absolute Gasteiger partial charge is 0.258 e. The maximum absolute atomic E-state index is 13.5. The molecule has 2 amide bonds. The molecule has 0 saturated heterocycles. The summed E-state index contributed by atoms with van der Waals surface area (Å²) in [5.74, 6) is 0.276. The Labute approximate surface area is 218 Å². The summed E-state index contributed by atoms with van der Waals surface area (Å²) >= 11 is 1.57. The summed E-state index contributed by atoms with van der Waals surface area (Å²) in [7, 11) is 0. The summed E-state index contributed by atoms with van der Waals surface area (Å²) in [6.45, 7) is 9.78. The average Bonchev–Trinajstić information content (AvgIpc) is 3.19. The van der Waals surface area contributed by atoms with Crippen molar-refractivity contribution in [1.29, 1.82) is 0 Å². The van der Waals surface area contributed by atoms with Crippen LogP contribution >= 0.6 is 11.3 Å². The van der Waals surface area contributed by atoms with E-state index < -0.39 is 0 Å². The van der Waals surface area contributed by atoms with Gasteiger partial charge in [-0.05, 0) is 79.3 Å². The zero-order valence-electron chi connectivity index (χ0n) is 21.7. The van der Waals surface area contributed by atoms with Gasteiger partial charge in [-0.25, -0.2) is 0 Å². The summed E-state index contributed by atoms with van der Waals surface area (Å²) in [6.07, 6.45) is 3.71. The fourth-order valence-corrected chi connectivity index (χ4v) is 6.16. The highest BCUT2D eigenvalue weighted by atomic mass is 32.1. The molecule has 1 heterocycles. The molecule has 3 aromatic rings. The van der Waals surface area contributed by atoms with Crippen LogP contribution in [0.2, 0.25) is 0 Å². The quantitative estimate of drug-likeness (QED) is 0.319. The van der Waals surface area contributed by atoms with Crippen molar-refractivity contribution in [3.63, 3.8) is 0 Å². The summed E-state index contributed by atoms with van der Waals surface area (Å²) in [5, 5.41) is 10.0. The molecule has 1 aliphatic carbocycles. The summed E-state index contributed by atoms with van der Waals surface area (Å²) in [6, 6.07) is 18.0. The van der Waals surface area contributed by atoms with Gasteiger partial charge < -0.3 is 16.0 Å². The second-order valence-electron chi connectivity index (χ2n) is 10.8. The zero-order valence-corrected chi connectivity index (χ0v) is 22.6. The van der Waals surface area contributed by atoms with E-state index in [9.17, 15) is 9.59 Å². The summed E-state index contributed by atoms with van der Waals surface area (Å²) < 4.78 is 0. The molecule has 36 heavy (non-hydrogen) atoms. The lowest BCUT2D eigenvalue weighted by atomic mass is 9.72. The van der Waals surface area contributed by atoms with Crippen LogP contribution in [-0.2, 0) is 24.1 Å². The van der Waals surface area contributed by atoms with E-state index in [0.29, 0.717) is 23.0 Å². The molecule has 0 saturated carbocycles. The number of anilines is 2. The second-order valence-corrected chi connectivity index (χ2v) is 11.9. The van der Waals surface area contributed by atoms with Gasteiger partial charge in [0, 0.05) is 10.6 Å². The molecule has 0 radical (unpaired) electrons. The lowest BCUT2D eigenvalue weighted by Gasteiger charge is -2.33. The van der Waals surface area contributed by atoms with Crippen LogP contribution in [0.4, 0.5) is 10.7 Å².